The molecule has 2 aliphatic heterocycles. The molecule has 2 saturated heterocycles. The third kappa shape index (κ3) is 4.46. The van der Waals surface area contributed by atoms with Crippen molar-refractivity contribution in [3.63, 3.8) is 0 Å². The Labute approximate surface area is 153 Å². The number of carbonyl (C=O) groups excluding carboxylic acids is 1. The number of ether oxygens (including phenoxy) is 2. The highest BCUT2D eigenvalue weighted by atomic mass is 16.5. The molecule has 0 radical (unpaired) electrons. The molecule has 2 N–H and O–H groups in total. The van der Waals surface area contributed by atoms with Crippen LogP contribution >= 0.6 is 0 Å². The van der Waals surface area contributed by atoms with Crippen LogP contribution in [0.5, 0.6) is 11.5 Å². The Morgan fingerprint density at radius 3 is 2.65 bits per heavy atom. The van der Waals surface area contributed by atoms with E-state index in [2.05, 4.69) is 10.2 Å². The summed E-state index contributed by atoms with van der Waals surface area (Å²) in [5, 5.41) is 11.8. The number of hydrogen-bond donors (Lipinski definition) is 2. The van der Waals surface area contributed by atoms with Gasteiger partial charge in [-0.2, -0.15) is 0 Å². The molecule has 0 unspecified atom stereocenters. The van der Waals surface area contributed by atoms with E-state index in [-0.39, 0.29) is 11.3 Å². The van der Waals surface area contributed by atoms with Crippen LogP contribution in [0, 0.1) is 5.41 Å². The Morgan fingerprint density at radius 1 is 1.27 bits per heavy atom. The first-order valence-electron chi connectivity index (χ1n) is 9.00. The lowest BCUT2D eigenvalue weighted by Gasteiger charge is -2.44. The van der Waals surface area contributed by atoms with Crippen molar-refractivity contribution in [1.82, 2.24) is 10.2 Å². The van der Waals surface area contributed by atoms with Gasteiger partial charge in [-0.05, 0) is 55.5 Å². The van der Waals surface area contributed by atoms with Crippen LogP contribution in [0.3, 0.4) is 0 Å². The lowest BCUT2D eigenvalue weighted by molar-refractivity contribution is -0.139. The van der Waals surface area contributed by atoms with Crippen molar-refractivity contribution < 1.29 is 24.2 Å². The lowest BCUT2D eigenvalue weighted by Crippen LogP contribution is -2.49. The predicted molar refractivity (Wildman–Crippen MR) is 95.3 cm³/mol. The average molecular weight is 362 g/mol. The molecule has 3 rings (SSSR count). The van der Waals surface area contributed by atoms with E-state index in [9.17, 15) is 9.59 Å². The molecular weight excluding hydrogens is 336 g/mol. The van der Waals surface area contributed by atoms with Crippen LogP contribution in [0.1, 0.15) is 31.2 Å². The summed E-state index contributed by atoms with van der Waals surface area (Å²) < 4.78 is 10.6. The smallest absolute Gasteiger partial charge is 0.341 e. The number of nitrogens with zero attached hydrogens (tertiary/aromatic N) is 1. The Balaban J connectivity index is 1.58. The van der Waals surface area contributed by atoms with Crippen molar-refractivity contribution in [2.45, 2.75) is 32.2 Å². The minimum Gasteiger partial charge on any atom is -0.493 e. The number of carbonyl (C=O) groups is 2. The minimum atomic E-state index is -1.02. The van der Waals surface area contributed by atoms with Crippen LogP contribution in [-0.2, 0) is 16.1 Å². The van der Waals surface area contributed by atoms with E-state index in [1.54, 1.807) is 0 Å². The molecule has 0 atom stereocenters. The van der Waals surface area contributed by atoms with Gasteiger partial charge in [0, 0.05) is 19.5 Å². The summed E-state index contributed by atoms with van der Waals surface area (Å²) in [5.74, 6) is 0.143. The van der Waals surface area contributed by atoms with Crippen molar-refractivity contribution in [1.29, 1.82) is 0 Å². The summed E-state index contributed by atoms with van der Waals surface area (Å²) in [6.07, 6.45) is 3.81. The third-order valence-corrected chi connectivity index (χ3v) is 5.45. The summed E-state index contributed by atoms with van der Waals surface area (Å²) >= 11 is 0. The number of hydrogen-bond acceptors (Lipinski definition) is 5. The number of carboxylic acid groups (broad SMARTS) is 1. The molecule has 2 heterocycles. The number of rotatable bonds is 6. The maximum Gasteiger partial charge on any atom is 0.341 e. The van der Waals surface area contributed by atoms with Crippen LogP contribution in [0.2, 0.25) is 0 Å². The molecule has 142 valence electrons. The van der Waals surface area contributed by atoms with E-state index >= 15 is 0 Å². The summed E-state index contributed by atoms with van der Waals surface area (Å²) in [4.78, 5) is 24.5. The van der Waals surface area contributed by atoms with Crippen molar-refractivity contribution in [3.05, 3.63) is 23.8 Å². The second kappa shape index (κ2) is 7.95. The minimum absolute atomic E-state index is 0.171. The molecule has 0 aromatic heterocycles. The van der Waals surface area contributed by atoms with Crippen molar-refractivity contribution in [2.75, 3.05) is 33.4 Å². The maximum atomic E-state index is 11.4. The van der Waals surface area contributed by atoms with Crippen LogP contribution in [0.4, 0.5) is 0 Å². The molecule has 1 spiro atoms. The lowest BCUT2D eigenvalue weighted by atomic mass is 9.73. The van der Waals surface area contributed by atoms with E-state index in [1.165, 1.54) is 7.11 Å². The number of carboxylic acids is 1. The number of benzene rings is 1. The van der Waals surface area contributed by atoms with Gasteiger partial charge in [0.1, 0.15) is 0 Å². The fourth-order valence-electron chi connectivity index (χ4n) is 3.78. The van der Waals surface area contributed by atoms with Gasteiger partial charge in [0.25, 0.3) is 0 Å². The first kappa shape index (κ1) is 18.5. The average Bonchev–Trinajstić information content (AvgIpc) is 2.65. The Hall–Kier alpha value is -2.28. The van der Waals surface area contributed by atoms with E-state index in [4.69, 9.17) is 14.6 Å². The standard InChI is InChI=1S/C19H26N2O5/c1-25-15-3-2-14(10-16(15)26-12-18(23)24)11-21-8-6-19(7-9-21)5-4-17(22)20-13-19/h2-3,10H,4-9,11-13H2,1H3,(H,20,22)(H,23,24). The SMILES string of the molecule is COc1ccc(CN2CCC3(CCC(=O)NC3)CC2)cc1OCC(=O)O. The molecule has 0 saturated carbocycles. The molecule has 26 heavy (non-hydrogen) atoms. The quantitative estimate of drug-likeness (QED) is 0.800. The molecule has 7 heteroatoms. The van der Waals surface area contributed by atoms with Gasteiger partial charge in [-0.3, -0.25) is 9.69 Å². The Kier molecular flexibility index (Phi) is 5.66. The van der Waals surface area contributed by atoms with E-state index in [0.717, 1.165) is 51.0 Å². The Morgan fingerprint density at radius 2 is 2.04 bits per heavy atom. The van der Waals surface area contributed by atoms with Gasteiger partial charge < -0.3 is 19.9 Å². The number of aliphatic carboxylic acids is 1. The summed E-state index contributed by atoms with van der Waals surface area (Å²) in [6.45, 7) is 3.18. The van der Waals surface area contributed by atoms with Crippen LogP contribution < -0.4 is 14.8 Å². The van der Waals surface area contributed by atoms with Gasteiger partial charge in [-0.25, -0.2) is 4.79 Å². The molecule has 2 aliphatic rings. The van der Waals surface area contributed by atoms with Crippen LogP contribution in [0.15, 0.2) is 18.2 Å². The molecule has 7 nitrogen and oxygen atoms in total. The second-order valence-corrected chi connectivity index (χ2v) is 7.22. The number of nitrogens with one attached hydrogen (secondary N) is 1. The van der Waals surface area contributed by atoms with E-state index in [0.29, 0.717) is 17.9 Å². The highest BCUT2D eigenvalue weighted by Crippen LogP contribution is 2.38. The molecule has 0 aliphatic carbocycles. The molecule has 2 fully saturated rings. The van der Waals surface area contributed by atoms with Crippen LogP contribution in [-0.4, -0.2) is 55.2 Å². The van der Waals surface area contributed by atoms with Gasteiger partial charge in [0.15, 0.2) is 18.1 Å². The largest absolute Gasteiger partial charge is 0.493 e. The fraction of sp³-hybridized carbons (Fsp3) is 0.579. The number of methoxy groups -OCH3 is 1. The van der Waals surface area contributed by atoms with Gasteiger partial charge in [0.2, 0.25) is 5.91 Å². The van der Waals surface area contributed by atoms with Crippen molar-refractivity contribution in [2.24, 2.45) is 5.41 Å². The van der Waals surface area contributed by atoms with Gasteiger partial charge >= 0.3 is 5.97 Å². The molecule has 1 amide bonds. The maximum absolute atomic E-state index is 11.4. The molecule has 1 aromatic carbocycles. The zero-order valence-corrected chi connectivity index (χ0v) is 15.1. The highest BCUT2D eigenvalue weighted by Gasteiger charge is 2.37. The zero-order valence-electron chi connectivity index (χ0n) is 15.1. The number of likely N-dealkylation sites (tertiary alicyclic amines) is 1. The highest BCUT2D eigenvalue weighted by molar-refractivity contribution is 5.76. The molecule has 0 bridgehead atoms. The normalized spacial score (nSPS) is 19.8. The van der Waals surface area contributed by atoms with Gasteiger partial charge in [0.05, 0.1) is 7.11 Å². The monoisotopic (exact) mass is 362 g/mol. The first-order chi connectivity index (χ1) is 12.5. The third-order valence-electron chi connectivity index (χ3n) is 5.45. The van der Waals surface area contributed by atoms with Gasteiger partial charge in [-0.1, -0.05) is 6.07 Å². The predicted octanol–water partition coefficient (Wildman–Crippen LogP) is 1.65. The zero-order chi connectivity index (χ0) is 18.6. The topological polar surface area (TPSA) is 88.1 Å². The van der Waals surface area contributed by atoms with Crippen molar-refractivity contribution in [3.8, 4) is 11.5 Å². The summed E-state index contributed by atoms with van der Waals surface area (Å²) in [7, 11) is 1.54. The van der Waals surface area contributed by atoms with Gasteiger partial charge in [-0.15, -0.1) is 0 Å². The number of amides is 1. The van der Waals surface area contributed by atoms with E-state index < -0.39 is 12.6 Å². The molecule has 1 aromatic rings. The molecular formula is C19H26N2O5. The number of piperidine rings is 2. The van der Waals surface area contributed by atoms with Crippen LogP contribution in [0.25, 0.3) is 0 Å². The summed E-state index contributed by atoms with van der Waals surface area (Å²) in [6, 6.07) is 5.65. The first-order valence-corrected chi connectivity index (χ1v) is 9.00. The van der Waals surface area contributed by atoms with E-state index in [1.807, 2.05) is 18.2 Å². The Bertz CT molecular complexity index is 656. The summed E-state index contributed by atoms with van der Waals surface area (Å²) in [5.41, 5.74) is 1.33. The van der Waals surface area contributed by atoms with Crippen molar-refractivity contribution >= 4 is 11.9 Å². The second-order valence-electron chi connectivity index (χ2n) is 7.22. The fourth-order valence-corrected chi connectivity index (χ4v) is 3.78.